The molecule has 4 rings (SSSR count). The summed E-state index contributed by atoms with van der Waals surface area (Å²) in [6.07, 6.45) is 2.34. The lowest BCUT2D eigenvalue weighted by atomic mass is 10.1. The van der Waals surface area contributed by atoms with Crippen LogP contribution in [-0.4, -0.2) is 27.9 Å². The molecule has 1 N–H and O–H groups in total. The molecule has 2 aromatic carbocycles. The van der Waals surface area contributed by atoms with E-state index in [-0.39, 0.29) is 16.6 Å². The van der Waals surface area contributed by atoms with Crippen LogP contribution >= 0.6 is 23.2 Å². The molecule has 3 aromatic rings. The summed E-state index contributed by atoms with van der Waals surface area (Å²) < 4.78 is 6.69. The molecular formula is C22H20Cl2N4O2. The Morgan fingerprint density at radius 2 is 1.97 bits per heavy atom. The van der Waals surface area contributed by atoms with Gasteiger partial charge in [-0.05, 0) is 55.2 Å². The summed E-state index contributed by atoms with van der Waals surface area (Å²) >= 11 is 12.5. The van der Waals surface area contributed by atoms with Crippen LogP contribution in [0.1, 0.15) is 35.3 Å². The fourth-order valence-corrected chi connectivity index (χ4v) is 3.87. The van der Waals surface area contributed by atoms with Crippen LogP contribution in [0.15, 0.2) is 59.8 Å². The van der Waals surface area contributed by atoms with Crippen LogP contribution in [-0.2, 0) is 6.54 Å². The Kier molecular flexibility index (Phi) is 6.06. The zero-order valence-corrected chi connectivity index (χ0v) is 17.9. The first-order valence-corrected chi connectivity index (χ1v) is 10.3. The normalized spacial score (nSPS) is 13.6. The predicted octanol–water partition coefficient (Wildman–Crippen LogP) is 5.37. The molecule has 8 heteroatoms. The number of methoxy groups -OCH3 is 1. The van der Waals surface area contributed by atoms with Gasteiger partial charge in [0.25, 0.3) is 0 Å². The van der Waals surface area contributed by atoms with Crippen LogP contribution in [0.25, 0.3) is 0 Å². The molecule has 0 saturated carbocycles. The fraction of sp³-hybridized carbons (Fsp3) is 0.227. The van der Waals surface area contributed by atoms with Gasteiger partial charge in [0.1, 0.15) is 5.75 Å². The van der Waals surface area contributed by atoms with Gasteiger partial charge in [0.2, 0.25) is 5.78 Å². The number of anilines is 1. The fourth-order valence-electron chi connectivity index (χ4n) is 3.46. The third-order valence-corrected chi connectivity index (χ3v) is 5.60. The molecule has 0 radical (unpaired) electrons. The summed E-state index contributed by atoms with van der Waals surface area (Å²) in [5, 5.41) is 12.4. The lowest BCUT2D eigenvalue weighted by molar-refractivity contribution is 0.102. The Bertz CT molecular complexity index is 1110. The average molecular weight is 443 g/mol. The Balaban J connectivity index is 1.55. The lowest BCUT2D eigenvalue weighted by Gasteiger charge is -2.10. The molecule has 1 aliphatic rings. The van der Waals surface area contributed by atoms with Gasteiger partial charge in [-0.15, -0.1) is 5.10 Å². The molecule has 1 aromatic heterocycles. The van der Waals surface area contributed by atoms with E-state index < -0.39 is 0 Å². The zero-order valence-electron chi connectivity index (χ0n) is 16.4. The predicted molar refractivity (Wildman–Crippen MR) is 117 cm³/mol. The zero-order chi connectivity index (χ0) is 21.1. The van der Waals surface area contributed by atoms with Gasteiger partial charge in [-0.1, -0.05) is 46.6 Å². The number of hydrogen-bond acceptors (Lipinski definition) is 5. The molecule has 0 spiro atoms. The van der Waals surface area contributed by atoms with Crippen molar-refractivity contribution in [1.29, 1.82) is 0 Å². The third kappa shape index (κ3) is 4.35. The Hall–Kier alpha value is -2.83. The topological polar surface area (TPSA) is 69.0 Å². The summed E-state index contributed by atoms with van der Waals surface area (Å²) in [7, 11) is 1.62. The minimum absolute atomic E-state index is 0.174. The second-order valence-electron chi connectivity index (χ2n) is 7.01. The van der Waals surface area contributed by atoms with E-state index >= 15 is 0 Å². The number of carbonyl (C=O) groups excluding carboxylic acids is 1. The standard InChI is InChI=1S/C22H20Cl2N4O2/c1-30-17-10-8-14(9-11-17)13-28-22(24)20(26-27-28)21(29)18-6-3-7-19(18)25-16-5-2-4-15(23)12-16/h2,4-5,8-12,25H,3,6-7,13H2,1H3. The van der Waals surface area contributed by atoms with Gasteiger partial charge in [-0.2, -0.15) is 0 Å². The van der Waals surface area contributed by atoms with E-state index in [2.05, 4.69) is 15.6 Å². The number of halogens is 2. The van der Waals surface area contributed by atoms with Crippen LogP contribution in [0, 0.1) is 0 Å². The van der Waals surface area contributed by atoms with Gasteiger partial charge in [-0.25, -0.2) is 4.68 Å². The van der Waals surface area contributed by atoms with Crippen molar-refractivity contribution in [3.63, 3.8) is 0 Å². The van der Waals surface area contributed by atoms with E-state index in [0.717, 1.165) is 35.5 Å². The maximum Gasteiger partial charge on any atom is 0.214 e. The Morgan fingerprint density at radius 1 is 1.17 bits per heavy atom. The average Bonchev–Trinajstić information content (AvgIpc) is 3.35. The minimum atomic E-state index is -0.192. The summed E-state index contributed by atoms with van der Waals surface area (Å²) in [4.78, 5) is 13.1. The lowest BCUT2D eigenvalue weighted by Crippen LogP contribution is -2.09. The molecule has 1 aliphatic carbocycles. The first-order chi connectivity index (χ1) is 14.5. The van der Waals surface area contributed by atoms with E-state index in [1.807, 2.05) is 48.5 Å². The van der Waals surface area contributed by atoms with Crippen molar-refractivity contribution in [3.8, 4) is 5.75 Å². The van der Waals surface area contributed by atoms with E-state index in [9.17, 15) is 4.79 Å². The molecule has 0 saturated heterocycles. The maximum atomic E-state index is 13.1. The Morgan fingerprint density at radius 3 is 2.70 bits per heavy atom. The van der Waals surface area contributed by atoms with Gasteiger partial charge in [0.15, 0.2) is 10.8 Å². The monoisotopic (exact) mass is 442 g/mol. The number of benzene rings is 2. The second-order valence-corrected chi connectivity index (χ2v) is 7.80. The summed E-state index contributed by atoms with van der Waals surface area (Å²) in [6.45, 7) is 0.412. The number of rotatable bonds is 7. The second kappa shape index (κ2) is 8.90. The van der Waals surface area contributed by atoms with Crippen molar-refractivity contribution in [1.82, 2.24) is 15.0 Å². The van der Waals surface area contributed by atoms with Crippen LogP contribution in [0.5, 0.6) is 5.75 Å². The van der Waals surface area contributed by atoms with Crippen molar-refractivity contribution < 1.29 is 9.53 Å². The van der Waals surface area contributed by atoms with E-state index in [1.165, 1.54) is 4.68 Å². The van der Waals surface area contributed by atoms with Crippen molar-refractivity contribution >= 4 is 34.7 Å². The van der Waals surface area contributed by atoms with Gasteiger partial charge in [0.05, 0.1) is 13.7 Å². The molecular weight excluding hydrogens is 423 g/mol. The first kappa shape index (κ1) is 20.4. The number of nitrogens with one attached hydrogen (secondary N) is 1. The summed E-state index contributed by atoms with van der Waals surface area (Å²) in [6, 6.07) is 15.0. The molecule has 0 fully saturated rings. The molecule has 6 nitrogen and oxygen atoms in total. The van der Waals surface area contributed by atoms with E-state index in [4.69, 9.17) is 27.9 Å². The van der Waals surface area contributed by atoms with Crippen molar-refractivity contribution in [2.45, 2.75) is 25.8 Å². The van der Waals surface area contributed by atoms with Gasteiger partial charge >= 0.3 is 0 Å². The maximum absolute atomic E-state index is 13.1. The van der Waals surface area contributed by atoms with Crippen molar-refractivity contribution in [2.75, 3.05) is 12.4 Å². The number of allylic oxidation sites excluding steroid dienone is 2. The molecule has 154 valence electrons. The van der Waals surface area contributed by atoms with Gasteiger partial charge < -0.3 is 10.1 Å². The molecule has 0 atom stereocenters. The number of ketones is 1. The molecule has 0 bridgehead atoms. The van der Waals surface area contributed by atoms with Gasteiger partial charge in [0, 0.05) is 22.0 Å². The summed E-state index contributed by atoms with van der Waals surface area (Å²) in [5.74, 6) is 0.579. The minimum Gasteiger partial charge on any atom is -0.497 e. The molecule has 30 heavy (non-hydrogen) atoms. The highest BCUT2D eigenvalue weighted by Gasteiger charge is 2.27. The number of Topliss-reactive ketones (excluding diaryl/α,β-unsaturated/α-hetero) is 1. The largest absolute Gasteiger partial charge is 0.497 e. The van der Waals surface area contributed by atoms with Crippen molar-refractivity contribution in [3.05, 3.63) is 81.2 Å². The van der Waals surface area contributed by atoms with Crippen LogP contribution in [0.3, 0.4) is 0 Å². The number of carbonyl (C=O) groups is 1. The van der Waals surface area contributed by atoms with E-state index in [1.54, 1.807) is 7.11 Å². The third-order valence-electron chi connectivity index (χ3n) is 4.99. The van der Waals surface area contributed by atoms with Crippen LogP contribution in [0.4, 0.5) is 5.69 Å². The highest BCUT2D eigenvalue weighted by Crippen LogP contribution is 2.31. The SMILES string of the molecule is COc1ccc(Cn2nnc(C(=O)C3=C(Nc4cccc(Cl)c4)CCC3)c2Cl)cc1. The summed E-state index contributed by atoms with van der Waals surface area (Å²) in [5.41, 5.74) is 3.56. The van der Waals surface area contributed by atoms with Crippen LogP contribution in [0.2, 0.25) is 10.2 Å². The quantitative estimate of drug-likeness (QED) is 0.497. The van der Waals surface area contributed by atoms with Crippen LogP contribution < -0.4 is 10.1 Å². The number of aromatic nitrogens is 3. The number of ether oxygens (including phenoxy) is 1. The highest BCUT2D eigenvalue weighted by molar-refractivity contribution is 6.33. The van der Waals surface area contributed by atoms with Crippen molar-refractivity contribution in [2.24, 2.45) is 0 Å². The smallest absolute Gasteiger partial charge is 0.214 e. The molecule has 0 amide bonds. The van der Waals surface area contributed by atoms with Gasteiger partial charge in [-0.3, -0.25) is 4.79 Å². The number of nitrogens with zero attached hydrogens (tertiary/aromatic N) is 3. The Labute approximate surface area is 184 Å². The number of hydrogen-bond donors (Lipinski definition) is 1. The molecule has 0 unspecified atom stereocenters. The molecule has 0 aliphatic heterocycles. The highest BCUT2D eigenvalue weighted by atomic mass is 35.5. The molecule has 1 heterocycles. The first-order valence-electron chi connectivity index (χ1n) is 9.56. The van der Waals surface area contributed by atoms with E-state index in [0.29, 0.717) is 23.6 Å².